The molecule has 0 aliphatic carbocycles. The molecule has 2 heteroatoms. The molecule has 1 aromatic heterocycles. The van der Waals surface area contributed by atoms with E-state index in [1.54, 1.807) is 0 Å². The fourth-order valence-electron chi connectivity index (χ4n) is 10.3. The first-order valence-electron chi connectivity index (χ1n) is 22.7. The molecule has 0 aliphatic rings. The number of anilines is 3. The van der Waals surface area contributed by atoms with Gasteiger partial charge in [0.15, 0.2) is 0 Å². The van der Waals surface area contributed by atoms with Crippen LogP contribution in [0.25, 0.3) is 108 Å². The zero-order valence-electron chi connectivity index (χ0n) is 36.0. The minimum absolute atomic E-state index is 1.11. The lowest BCUT2D eigenvalue weighted by Gasteiger charge is -2.26. The van der Waals surface area contributed by atoms with Crippen LogP contribution in [-0.4, -0.2) is 0 Å². The SMILES string of the molecule is c1ccc(-c2c(-c3ccccc3)c3cc(-c4ccc(N(c5ccc(-c6ccc7c(ccc8ccccc87)c6)cc5)c5cccc6c5sc5ccccc56)cc4)ccc3c3ccccc23)cc1. The second kappa shape index (κ2) is 15.7. The molecule has 0 atom stereocenters. The molecule has 1 nitrogen and oxygen atoms in total. The quantitative estimate of drug-likeness (QED) is 0.144. The third-order valence-electron chi connectivity index (χ3n) is 13.4. The highest BCUT2D eigenvalue weighted by Crippen LogP contribution is 2.48. The van der Waals surface area contributed by atoms with Gasteiger partial charge in [-0.15, -0.1) is 11.3 Å². The summed E-state index contributed by atoms with van der Waals surface area (Å²) < 4.78 is 2.57. The number of benzene rings is 12. The van der Waals surface area contributed by atoms with Crippen LogP contribution in [0.2, 0.25) is 0 Å². The molecule has 12 aromatic carbocycles. The van der Waals surface area contributed by atoms with Gasteiger partial charge in [-0.05, 0) is 136 Å². The van der Waals surface area contributed by atoms with E-state index in [4.69, 9.17) is 0 Å². The summed E-state index contributed by atoms with van der Waals surface area (Å²) >= 11 is 1.87. The maximum atomic E-state index is 2.43. The fraction of sp³-hybridized carbons (Fsp3) is 0. The van der Waals surface area contributed by atoms with Crippen molar-refractivity contribution in [3.8, 4) is 44.5 Å². The largest absolute Gasteiger partial charge is 0.309 e. The Morgan fingerprint density at radius 1 is 0.258 bits per heavy atom. The highest BCUT2D eigenvalue weighted by molar-refractivity contribution is 7.26. The average molecular weight is 856 g/mol. The smallest absolute Gasteiger partial charge is 0.0640 e. The first-order valence-corrected chi connectivity index (χ1v) is 23.5. The van der Waals surface area contributed by atoms with Gasteiger partial charge in [-0.1, -0.05) is 200 Å². The normalized spacial score (nSPS) is 11.6. The monoisotopic (exact) mass is 855 g/mol. The molecule has 66 heavy (non-hydrogen) atoms. The van der Waals surface area contributed by atoms with Gasteiger partial charge in [0, 0.05) is 26.8 Å². The zero-order valence-corrected chi connectivity index (χ0v) is 36.8. The van der Waals surface area contributed by atoms with Gasteiger partial charge in [-0.3, -0.25) is 0 Å². The van der Waals surface area contributed by atoms with Crippen molar-refractivity contribution in [2.24, 2.45) is 0 Å². The molecule has 1 heterocycles. The Kier molecular flexibility index (Phi) is 9.11. The lowest BCUT2D eigenvalue weighted by atomic mass is 9.84. The predicted molar refractivity (Wildman–Crippen MR) is 286 cm³/mol. The lowest BCUT2D eigenvalue weighted by molar-refractivity contribution is 1.30. The Hall–Kier alpha value is -8.30. The van der Waals surface area contributed by atoms with Gasteiger partial charge >= 0.3 is 0 Å². The summed E-state index contributed by atoms with van der Waals surface area (Å²) in [5.41, 5.74) is 13.1. The van der Waals surface area contributed by atoms with E-state index in [2.05, 4.69) is 254 Å². The van der Waals surface area contributed by atoms with E-state index in [9.17, 15) is 0 Å². The second-order valence-electron chi connectivity index (χ2n) is 17.2. The van der Waals surface area contributed by atoms with Gasteiger partial charge in [-0.2, -0.15) is 0 Å². The summed E-state index contributed by atoms with van der Waals surface area (Å²) in [6.45, 7) is 0. The Morgan fingerprint density at radius 3 is 1.44 bits per heavy atom. The van der Waals surface area contributed by atoms with Crippen molar-refractivity contribution in [2.45, 2.75) is 0 Å². The summed E-state index contributed by atoms with van der Waals surface area (Å²) in [6, 6.07) is 91.5. The van der Waals surface area contributed by atoms with E-state index < -0.39 is 0 Å². The number of nitrogens with zero attached hydrogens (tertiary/aromatic N) is 1. The molecule has 0 fully saturated rings. The van der Waals surface area contributed by atoms with Gasteiger partial charge in [-0.25, -0.2) is 0 Å². The van der Waals surface area contributed by atoms with E-state index >= 15 is 0 Å². The van der Waals surface area contributed by atoms with Crippen LogP contribution >= 0.6 is 11.3 Å². The summed E-state index contributed by atoms with van der Waals surface area (Å²) in [5, 5.41) is 12.7. The number of hydrogen-bond donors (Lipinski definition) is 0. The third-order valence-corrected chi connectivity index (χ3v) is 14.6. The molecule has 0 saturated carbocycles. The Bertz CT molecular complexity index is 3960. The minimum Gasteiger partial charge on any atom is -0.309 e. The van der Waals surface area contributed by atoms with E-state index in [0.29, 0.717) is 0 Å². The van der Waals surface area contributed by atoms with E-state index in [0.717, 1.165) is 11.4 Å². The summed E-state index contributed by atoms with van der Waals surface area (Å²) in [7, 11) is 0. The molecule has 308 valence electrons. The van der Waals surface area contributed by atoms with Gasteiger partial charge in [0.2, 0.25) is 0 Å². The Labute approximate surface area is 387 Å². The van der Waals surface area contributed by atoms with Crippen LogP contribution in [0.5, 0.6) is 0 Å². The van der Waals surface area contributed by atoms with Crippen LogP contribution in [0.15, 0.2) is 249 Å². The molecule has 0 radical (unpaired) electrons. The van der Waals surface area contributed by atoms with Crippen molar-refractivity contribution >= 4 is 91.7 Å². The second-order valence-corrected chi connectivity index (χ2v) is 18.2. The highest BCUT2D eigenvalue weighted by Gasteiger charge is 2.21. The standard InChI is InChI=1S/C64H41NS/c1-3-15-45(16-4-1)62-57-22-10-9-20-54(57)55-39-33-48(41-59(55)63(62)46-17-5-2-6-18-46)43-30-36-51(37-31-43)65(60-24-13-23-58-56-21-11-12-25-61(56)66-64(58)60)50-34-28-42(29-35-50)47-32-38-53-49(40-47)27-26-44-14-7-8-19-52(44)53/h1-41H. The molecule has 0 spiro atoms. The predicted octanol–water partition coefficient (Wildman–Crippen LogP) is 18.8. The zero-order chi connectivity index (χ0) is 43.6. The highest BCUT2D eigenvalue weighted by atomic mass is 32.1. The minimum atomic E-state index is 1.11. The van der Waals surface area contributed by atoms with Gasteiger partial charge in [0.1, 0.15) is 0 Å². The van der Waals surface area contributed by atoms with Crippen molar-refractivity contribution in [1.82, 2.24) is 0 Å². The number of fused-ring (bicyclic) bond motifs is 9. The van der Waals surface area contributed by atoms with Crippen molar-refractivity contribution in [1.29, 1.82) is 0 Å². The Morgan fingerprint density at radius 2 is 0.742 bits per heavy atom. The number of rotatable bonds is 7. The maximum Gasteiger partial charge on any atom is 0.0640 e. The summed E-state index contributed by atoms with van der Waals surface area (Å²) in [4.78, 5) is 2.43. The van der Waals surface area contributed by atoms with Crippen molar-refractivity contribution < 1.29 is 0 Å². The Balaban J connectivity index is 0.942. The fourth-order valence-corrected chi connectivity index (χ4v) is 11.5. The van der Waals surface area contributed by atoms with Crippen LogP contribution in [-0.2, 0) is 0 Å². The van der Waals surface area contributed by atoms with Crippen LogP contribution in [0.3, 0.4) is 0 Å². The van der Waals surface area contributed by atoms with Crippen LogP contribution < -0.4 is 4.90 Å². The number of hydrogen-bond acceptors (Lipinski definition) is 2. The third kappa shape index (κ3) is 6.37. The molecule has 0 amide bonds. The summed E-state index contributed by atoms with van der Waals surface area (Å²) in [6.07, 6.45) is 0. The molecule has 0 unspecified atom stereocenters. The van der Waals surface area contributed by atoms with Crippen molar-refractivity contribution in [2.75, 3.05) is 4.90 Å². The molecule has 0 saturated heterocycles. The van der Waals surface area contributed by atoms with Crippen molar-refractivity contribution in [3.05, 3.63) is 249 Å². The van der Waals surface area contributed by atoms with E-state index in [1.807, 2.05) is 11.3 Å². The molecule has 0 bridgehead atoms. The lowest BCUT2D eigenvalue weighted by Crippen LogP contribution is -2.10. The molecular formula is C64H41NS. The summed E-state index contributed by atoms with van der Waals surface area (Å²) in [5.74, 6) is 0. The number of thiophene rings is 1. The van der Waals surface area contributed by atoms with Crippen LogP contribution in [0.4, 0.5) is 17.1 Å². The maximum absolute atomic E-state index is 2.43. The van der Waals surface area contributed by atoms with Crippen LogP contribution in [0, 0.1) is 0 Å². The molecule has 13 aromatic rings. The van der Waals surface area contributed by atoms with E-state index in [1.165, 1.54) is 113 Å². The first kappa shape index (κ1) is 38.2. The van der Waals surface area contributed by atoms with E-state index in [-0.39, 0.29) is 0 Å². The molecular weight excluding hydrogens is 815 g/mol. The van der Waals surface area contributed by atoms with Gasteiger partial charge in [0.05, 0.1) is 10.4 Å². The van der Waals surface area contributed by atoms with Gasteiger partial charge < -0.3 is 4.90 Å². The first-order chi connectivity index (χ1) is 32.7. The molecule has 13 rings (SSSR count). The average Bonchev–Trinajstić information content (AvgIpc) is 3.78. The van der Waals surface area contributed by atoms with Gasteiger partial charge in [0.25, 0.3) is 0 Å². The molecule has 0 aliphatic heterocycles. The molecule has 0 N–H and O–H groups in total. The van der Waals surface area contributed by atoms with Crippen LogP contribution in [0.1, 0.15) is 0 Å². The van der Waals surface area contributed by atoms with Crippen molar-refractivity contribution in [3.63, 3.8) is 0 Å². The topological polar surface area (TPSA) is 3.24 Å².